The van der Waals surface area contributed by atoms with Gasteiger partial charge in [0.15, 0.2) is 9.84 Å². The number of fused-ring (bicyclic) bond motifs is 1. The van der Waals surface area contributed by atoms with Gasteiger partial charge in [-0.2, -0.15) is 0 Å². The first-order chi connectivity index (χ1) is 12.0. The van der Waals surface area contributed by atoms with E-state index in [0.717, 1.165) is 10.8 Å². The Balaban J connectivity index is 1.70. The molecular formula is C19H17NO4S. The molecule has 0 bridgehead atoms. The predicted octanol–water partition coefficient (Wildman–Crippen LogP) is 2.75. The number of nitrogens with one attached hydrogen (secondary N) is 1. The molecule has 0 saturated carbocycles. The number of benzene rings is 3. The Morgan fingerprint density at radius 1 is 0.920 bits per heavy atom. The topological polar surface area (TPSA) is 83.5 Å². The van der Waals surface area contributed by atoms with Gasteiger partial charge >= 0.3 is 0 Å². The van der Waals surface area contributed by atoms with Crippen LogP contribution in [0.2, 0.25) is 0 Å². The molecule has 0 spiro atoms. The fourth-order valence-electron chi connectivity index (χ4n) is 2.55. The van der Waals surface area contributed by atoms with Crippen LogP contribution in [-0.4, -0.2) is 31.7 Å². The van der Waals surface area contributed by atoms with Crippen molar-refractivity contribution in [2.75, 3.05) is 12.3 Å². The molecule has 0 unspecified atom stereocenters. The highest BCUT2D eigenvalue weighted by atomic mass is 32.2. The number of sulfone groups is 1. The van der Waals surface area contributed by atoms with Gasteiger partial charge in [-0.3, -0.25) is 4.79 Å². The Kier molecular flexibility index (Phi) is 4.72. The summed E-state index contributed by atoms with van der Waals surface area (Å²) >= 11 is 0. The van der Waals surface area contributed by atoms with Crippen LogP contribution in [-0.2, 0) is 9.84 Å². The maximum Gasteiger partial charge on any atom is 0.255 e. The molecule has 0 heterocycles. The highest BCUT2D eigenvalue weighted by Crippen LogP contribution is 2.24. The molecule has 0 radical (unpaired) electrons. The predicted molar refractivity (Wildman–Crippen MR) is 96.4 cm³/mol. The van der Waals surface area contributed by atoms with Gasteiger partial charge in [0.05, 0.1) is 16.2 Å². The van der Waals surface area contributed by atoms with Crippen molar-refractivity contribution in [1.82, 2.24) is 5.32 Å². The lowest BCUT2D eigenvalue weighted by molar-refractivity contribution is 0.0953. The number of aromatic hydroxyl groups is 1. The van der Waals surface area contributed by atoms with E-state index in [4.69, 9.17) is 0 Å². The number of amides is 1. The van der Waals surface area contributed by atoms with Gasteiger partial charge in [0.25, 0.3) is 5.91 Å². The Morgan fingerprint density at radius 3 is 2.20 bits per heavy atom. The van der Waals surface area contributed by atoms with Gasteiger partial charge in [0.1, 0.15) is 5.75 Å². The third-order valence-electron chi connectivity index (χ3n) is 3.87. The van der Waals surface area contributed by atoms with Crippen LogP contribution in [0.25, 0.3) is 10.8 Å². The first kappa shape index (κ1) is 17.0. The monoisotopic (exact) mass is 355 g/mol. The van der Waals surface area contributed by atoms with Crippen LogP contribution in [0.15, 0.2) is 71.6 Å². The lowest BCUT2D eigenvalue weighted by Gasteiger charge is -2.09. The largest absolute Gasteiger partial charge is 0.507 e. The molecule has 0 aliphatic rings. The van der Waals surface area contributed by atoms with Crippen LogP contribution in [0.5, 0.6) is 5.75 Å². The molecule has 2 N–H and O–H groups in total. The van der Waals surface area contributed by atoms with E-state index in [1.54, 1.807) is 24.3 Å². The molecule has 0 aromatic heterocycles. The summed E-state index contributed by atoms with van der Waals surface area (Å²) in [6.45, 7) is -0.0394. The van der Waals surface area contributed by atoms with E-state index < -0.39 is 15.7 Å². The highest BCUT2D eigenvalue weighted by Gasteiger charge is 2.16. The van der Waals surface area contributed by atoms with Gasteiger partial charge in [-0.05, 0) is 35.0 Å². The number of hydrogen-bond donors (Lipinski definition) is 2. The second-order valence-corrected chi connectivity index (χ2v) is 7.71. The summed E-state index contributed by atoms with van der Waals surface area (Å²) in [5.41, 5.74) is 0.121. The highest BCUT2D eigenvalue weighted by molar-refractivity contribution is 7.91. The molecule has 5 nitrogen and oxygen atoms in total. The molecule has 0 aliphatic carbocycles. The minimum atomic E-state index is -3.46. The molecule has 3 rings (SSSR count). The zero-order chi connectivity index (χ0) is 17.9. The zero-order valence-corrected chi connectivity index (χ0v) is 14.2. The van der Waals surface area contributed by atoms with Crippen molar-refractivity contribution < 1.29 is 18.3 Å². The molecule has 128 valence electrons. The minimum Gasteiger partial charge on any atom is -0.507 e. The van der Waals surface area contributed by atoms with Crippen LogP contribution in [0, 0.1) is 0 Å². The van der Waals surface area contributed by atoms with Gasteiger partial charge in [0.2, 0.25) is 0 Å². The van der Waals surface area contributed by atoms with Crippen molar-refractivity contribution in [3.63, 3.8) is 0 Å². The molecule has 3 aromatic rings. The molecule has 25 heavy (non-hydrogen) atoms. The van der Waals surface area contributed by atoms with Crippen molar-refractivity contribution in [3.8, 4) is 5.75 Å². The van der Waals surface area contributed by atoms with Crippen LogP contribution in [0.4, 0.5) is 0 Å². The molecular weight excluding hydrogens is 338 g/mol. The van der Waals surface area contributed by atoms with E-state index in [0.29, 0.717) is 0 Å². The number of rotatable bonds is 5. The van der Waals surface area contributed by atoms with Crippen molar-refractivity contribution in [1.29, 1.82) is 0 Å². The van der Waals surface area contributed by atoms with Crippen LogP contribution < -0.4 is 5.32 Å². The summed E-state index contributed by atoms with van der Waals surface area (Å²) in [5.74, 6) is -0.856. The summed E-state index contributed by atoms with van der Waals surface area (Å²) < 4.78 is 24.4. The number of carbonyl (C=O) groups is 1. The molecule has 0 saturated heterocycles. The molecule has 0 aliphatic heterocycles. The fraction of sp³-hybridized carbons (Fsp3) is 0.105. The molecule has 1 amide bonds. The summed E-state index contributed by atoms with van der Waals surface area (Å²) in [7, 11) is -3.46. The van der Waals surface area contributed by atoms with E-state index >= 15 is 0 Å². The smallest absolute Gasteiger partial charge is 0.255 e. The van der Waals surface area contributed by atoms with Crippen molar-refractivity contribution in [3.05, 3.63) is 72.3 Å². The van der Waals surface area contributed by atoms with Gasteiger partial charge in [-0.25, -0.2) is 8.42 Å². The second kappa shape index (κ2) is 6.94. The van der Waals surface area contributed by atoms with Gasteiger partial charge in [-0.1, -0.05) is 42.5 Å². The van der Waals surface area contributed by atoms with E-state index in [2.05, 4.69) is 5.32 Å². The zero-order valence-electron chi connectivity index (χ0n) is 13.3. The van der Waals surface area contributed by atoms with E-state index in [1.165, 1.54) is 18.2 Å². The second-order valence-electron chi connectivity index (χ2n) is 5.60. The summed E-state index contributed by atoms with van der Waals surface area (Å²) in [6, 6.07) is 18.5. The normalized spacial score (nSPS) is 11.4. The molecule has 0 fully saturated rings. The van der Waals surface area contributed by atoms with E-state index in [9.17, 15) is 18.3 Å². The summed E-state index contributed by atoms with van der Waals surface area (Å²) in [6.07, 6.45) is 0. The fourth-order valence-corrected chi connectivity index (χ4v) is 3.73. The lowest BCUT2D eigenvalue weighted by Crippen LogP contribution is -2.29. The molecule has 3 aromatic carbocycles. The van der Waals surface area contributed by atoms with Crippen molar-refractivity contribution in [2.45, 2.75) is 4.90 Å². The number of phenols is 1. The van der Waals surface area contributed by atoms with Crippen LogP contribution in [0.3, 0.4) is 0 Å². The van der Waals surface area contributed by atoms with Crippen LogP contribution >= 0.6 is 0 Å². The summed E-state index contributed by atoms with van der Waals surface area (Å²) in [5, 5.41) is 14.2. The lowest BCUT2D eigenvalue weighted by atomic mass is 10.1. The number of carbonyl (C=O) groups excluding carboxylic acids is 1. The van der Waals surface area contributed by atoms with Crippen molar-refractivity contribution in [2.24, 2.45) is 0 Å². The minimum absolute atomic E-state index is 0.0394. The quantitative estimate of drug-likeness (QED) is 0.737. The third-order valence-corrected chi connectivity index (χ3v) is 5.60. The van der Waals surface area contributed by atoms with Crippen molar-refractivity contribution >= 4 is 26.5 Å². The Hall–Kier alpha value is -2.86. The standard InChI is InChI=1S/C19H17NO4S/c21-18-13-15-7-5-4-6-14(15)12-17(18)19(22)20-10-11-25(23,24)16-8-2-1-3-9-16/h1-9,12-13,21H,10-11H2,(H,20,22). The molecule has 0 atom stereocenters. The third kappa shape index (κ3) is 3.80. The van der Waals surface area contributed by atoms with Gasteiger partial charge < -0.3 is 10.4 Å². The maximum absolute atomic E-state index is 12.3. The Bertz CT molecular complexity index is 1010. The number of phenolic OH excluding ortho intramolecular Hbond substituents is 1. The average Bonchev–Trinajstić information content (AvgIpc) is 2.61. The van der Waals surface area contributed by atoms with Crippen LogP contribution in [0.1, 0.15) is 10.4 Å². The van der Waals surface area contributed by atoms with E-state index in [1.807, 2.05) is 24.3 Å². The first-order valence-corrected chi connectivity index (χ1v) is 9.40. The Labute approximate surface area is 145 Å². The Morgan fingerprint density at radius 2 is 1.52 bits per heavy atom. The van der Waals surface area contributed by atoms with Gasteiger partial charge in [0, 0.05) is 6.54 Å². The maximum atomic E-state index is 12.3. The molecule has 6 heteroatoms. The average molecular weight is 355 g/mol. The van der Waals surface area contributed by atoms with Gasteiger partial charge in [-0.15, -0.1) is 0 Å². The van der Waals surface area contributed by atoms with E-state index in [-0.39, 0.29) is 28.5 Å². The summed E-state index contributed by atoms with van der Waals surface area (Å²) in [4.78, 5) is 12.5. The SMILES string of the molecule is O=C(NCCS(=O)(=O)c1ccccc1)c1cc2ccccc2cc1O. The first-order valence-electron chi connectivity index (χ1n) is 7.75. The number of hydrogen-bond acceptors (Lipinski definition) is 4.